The van der Waals surface area contributed by atoms with Crippen LogP contribution in [0.25, 0.3) is 0 Å². The second-order valence-corrected chi connectivity index (χ2v) is 13.5. The van der Waals surface area contributed by atoms with E-state index in [1.807, 2.05) is 0 Å². The number of benzene rings is 1. The van der Waals surface area contributed by atoms with Gasteiger partial charge < -0.3 is 29.7 Å². The molecule has 1 aromatic carbocycles. The molecule has 4 aliphatic heterocycles. The molecule has 0 aromatic heterocycles. The SMILES string of the molecule is C/C=C(/C)C(=O)C(C)C(O)C(C)C(=O)O[C@H]1C=COC=C2C[C@@]3(SC)C(=O)N4c5c(O)cccc5[C@@H](O)[C@@]4(SC)C(=O)N3[C@@H]21. The molecule has 3 unspecified atom stereocenters. The number of aromatic hydroxyl groups is 1. The van der Waals surface area contributed by atoms with E-state index in [0.29, 0.717) is 11.1 Å². The molecular formula is C31H36N2O9S2. The third-order valence-electron chi connectivity index (χ3n) is 9.23. The molecule has 2 saturated heterocycles. The van der Waals surface area contributed by atoms with Crippen LogP contribution in [-0.4, -0.2) is 84.3 Å². The first-order chi connectivity index (χ1) is 20.8. The third kappa shape index (κ3) is 4.34. The molecule has 11 nitrogen and oxygen atoms in total. The molecule has 4 aliphatic rings. The number of hydrogen-bond donors (Lipinski definition) is 3. The Morgan fingerprint density at radius 1 is 1.16 bits per heavy atom. The number of ketones is 1. The average Bonchev–Trinajstić information content (AvgIpc) is 3.43. The minimum atomic E-state index is -1.83. The van der Waals surface area contributed by atoms with Crippen LogP contribution in [0.1, 0.15) is 45.8 Å². The summed E-state index contributed by atoms with van der Waals surface area (Å²) < 4.78 is 11.5. The number of amides is 2. The number of phenols is 1. The van der Waals surface area contributed by atoms with Crippen molar-refractivity contribution >= 4 is 52.8 Å². The Morgan fingerprint density at radius 3 is 2.50 bits per heavy atom. The molecule has 3 N–H and O–H groups in total. The molecule has 2 amide bonds. The van der Waals surface area contributed by atoms with E-state index in [0.717, 1.165) is 23.5 Å². The summed E-state index contributed by atoms with van der Waals surface area (Å²) in [6.07, 6.45) is 5.24. The fraction of sp³-hybridized carbons (Fsp3) is 0.484. The number of thioether (sulfide) groups is 2. The topological polar surface area (TPSA) is 154 Å². The number of aliphatic hydroxyl groups excluding tert-OH is 2. The molecule has 0 saturated carbocycles. The number of nitrogens with zero attached hydrogens (tertiary/aromatic N) is 2. The lowest BCUT2D eigenvalue weighted by Gasteiger charge is -2.53. The van der Waals surface area contributed by atoms with Crippen molar-refractivity contribution in [2.45, 2.75) is 68.2 Å². The third-order valence-corrected chi connectivity index (χ3v) is 11.6. The average molecular weight is 645 g/mol. The smallest absolute Gasteiger partial charge is 0.311 e. The van der Waals surface area contributed by atoms with E-state index >= 15 is 0 Å². The lowest BCUT2D eigenvalue weighted by atomic mass is 9.87. The van der Waals surface area contributed by atoms with Crippen molar-refractivity contribution in [3.63, 3.8) is 0 Å². The number of phenolic OH excluding ortho intramolecular Hbond substituents is 1. The van der Waals surface area contributed by atoms with Crippen LogP contribution in [0.4, 0.5) is 5.69 Å². The fourth-order valence-electron chi connectivity index (χ4n) is 6.60. The summed E-state index contributed by atoms with van der Waals surface area (Å²) in [5, 5.41) is 33.3. The van der Waals surface area contributed by atoms with Gasteiger partial charge in [0.25, 0.3) is 11.8 Å². The van der Waals surface area contributed by atoms with Gasteiger partial charge in [-0.3, -0.25) is 24.1 Å². The maximum absolute atomic E-state index is 14.8. The van der Waals surface area contributed by atoms with Crippen LogP contribution < -0.4 is 4.90 Å². The van der Waals surface area contributed by atoms with E-state index in [-0.39, 0.29) is 29.2 Å². The quantitative estimate of drug-likeness (QED) is 0.283. The van der Waals surface area contributed by atoms with E-state index in [1.165, 1.54) is 47.5 Å². The number of allylic oxidation sites excluding steroid dienone is 2. The Morgan fingerprint density at radius 2 is 1.86 bits per heavy atom. The van der Waals surface area contributed by atoms with Gasteiger partial charge in [-0.25, -0.2) is 0 Å². The van der Waals surface area contributed by atoms with Gasteiger partial charge in [0.1, 0.15) is 18.0 Å². The molecule has 2 fully saturated rings. The molecule has 4 heterocycles. The number of fused-ring (bicyclic) bond motifs is 6. The van der Waals surface area contributed by atoms with Crippen LogP contribution in [0.3, 0.4) is 0 Å². The van der Waals surface area contributed by atoms with Crippen LogP contribution >= 0.6 is 23.5 Å². The van der Waals surface area contributed by atoms with Crippen LogP contribution in [-0.2, 0) is 28.7 Å². The summed E-state index contributed by atoms with van der Waals surface area (Å²) in [5.74, 6) is -4.42. The van der Waals surface area contributed by atoms with E-state index in [2.05, 4.69) is 0 Å². The summed E-state index contributed by atoms with van der Waals surface area (Å²) in [7, 11) is 0. The highest BCUT2D eigenvalue weighted by atomic mass is 32.2. The fourth-order valence-corrected chi connectivity index (χ4v) is 8.55. The van der Waals surface area contributed by atoms with Crippen molar-refractivity contribution in [2.75, 3.05) is 17.4 Å². The molecule has 0 spiro atoms. The van der Waals surface area contributed by atoms with E-state index in [9.17, 15) is 34.5 Å². The van der Waals surface area contributed by atoms with Crippen molar-refractivity contribution in [3.8, 4) is 5.75 Å². The zero-order valence-electron chi connectivity index (χ0n) is 25.2. The van der Waals surface area contributed by atoms with Crippen molar-refractivity contribution in [3.05, 3.63) is 59.6 Å². The van der Waals surface area contributed by atoms with Gasteiger partial charge >= 0.3 is 5.97 Å². The number of anilines is 1. The molecule has 0 aliphatic carbocycles. The van der Waals surface area contributed by atoms with Gasteiger partial charge in [0, 0.05) is 17.9 Å². The highest BCUT2D eigenvalue weighted by Crippen LogP contribution is 2.62. The Hall–Kier alpha value is -3.26. The molecule has 44 heavy (non-hydrogen) atoms. The van der Waals surface area contributed by atoms with Gasteiger partial charge in [0.2, 0.25) is 4.87 Å². The van der Waals surface area contributed by atoms with Gasteiger partial charge in [0.15, 0.2) is 10.7 Å². The number of piperazine rings is 1. The van der Waals surface area contributed by atoms with Crippen LogP contribution in [0.15, 0.2) is 54.0 Å². The van der Waals surface area contributed by atoms with Gasteiger partial charge in [-0.1, -0.05) is 25.1 Å². The van der Waals surface area contributed by atoms with Crippen molar-refractivity contribution in [1.82, 2.24) is 4.90 Å². The summed E-state index contributed by atoms with van der Waals surface area (Å²) in [6.45, 7) is 6.36. The molecular weight excluding hydrogens is 608 g/mol. The van der Waals surface area contributed by atoms with Crippen molar-refractivity contribution in [2.24, 2.45) is 11.8 Å². The first kappa shape index (κ1) is 32.1. The minimum Gasteiger partial charge on any atom is -0.506 e. The molecule has 1 aromatic rings. The van der Waals surface area contributed by atoms with Crippen LogP contribution in [0.2, 0.25) is 0 Å². The lowest BCUT2D eigenvalue weighted by molar-refractivity contribution is -0.163. The van der Waals surface area contributed by atoms with Gasteiger partial charge in [-0.15, -0.1) is 23.5 Å². The van der Waals surface area contributed by atoms with E-state index < -0.39 is 63.7 Å². The number of esters is 1. The van der Waals surface area contributed by atoms with Crippen LogP contribution in [0.5, 0.6) is 5.75 Å². The number of aliphatic hydroxyl groups is 2. The minimum absolute atomic E-state index is 0.0332. The zero-order chi connectivity index (χ0) is 32.3. The lowest BCUT2D eigenvalue weighted by Crippen LogP contribution is -2.75. The maximum atomic E-state index is 14.8. The van der Waals surface area contributed by atoms with Crippen molar-refractivity contribution < 1.29 is 44.0 Å². The molecule has 8 atom stereocenters. The first-order valence-corrected chi connectivity index (χ1v) is 16.6. The summed E-state index contributed by atoms with van der Waals surface area (Å²) in [5.41, 5.74) is 1.31. The predicted molar refractivity (Wildman–Crippen MR) is 165 cm³/mol. The number of carbonyl (C=O) groups is 4. The second-order valence-electron chi connectivity index (χ2n) is 11.4. The summed E-state index contributed by atoms with van der Waals surface area (Å²) >= 11 is 2.11. The van der Waals surface area contributed by atoms with Gasteiger partial charge in [-0.2, -0.15) is 0 Å². The number of para-hydroxylation sites is 1. The number of ether oxygens (including phenoxy) is 2. The number of Topliss-reactive ketones (excluding diaryl/α,β-unsaturated/α-hetero) is 1. The highest BCUT2D eigenvalue weighted by Gasteiger charge is 2.74. The van der Waals surface area contributed by atoms with E-state index in [4.69, 9.17) is 9.47 Å². The Kier molecular flexibility index (Phi) is 8.47. The zero-order valence-corrected chi connectivity index (χ0v) is 26.8. The normalized spacial score (nSPS) is 31.1. The highest BCUT2D eigenvalue weighted by molar-refractivity contribution is 8.01. The van der Waals surface area contributed by atoms with E-state index in [1.54, 1.807) is 45.4 Å². The monoisotopic (exact) mass is 644 g/mol. The Labute approximate surface area is 263 Å². The summed E-state index contributed by atoms with van der Waals surface area (Å²) in [6, 6.07) is 3.53. The first-order valence-electron chi connectivity index (χ1n) is 14.2. The van der Waals surface area contributed by atoms with Crippen LogP contribution in [0, 0.1) is 11.8 Å². The molecule has 0 bridgehead atoms. The molecule has 5 rings (SSSR count). The van der Waals surface area contributed by atoms with Crippen molar-refractivity contribution in [1.29, 1.82) is 0 Å². The number of hydrogen-bond acceptors (Lipinski definition) is 11. The van der Waals surface area contributed by atoms with Gasteiger partial charge in [0.05, 0.1) is 36.3 Å². The summed E-state index contributed by atoms with van der Waals surface area (Å²) in [4.78, 5) is 54.8. The molecule has 0 radical (unpaired) electrons. The van der Waals surface area contributed by atoms with Gasteiger partial charge in [-0.05, 0) is 56.6 Å². The number of rotatable bonds is 8. The second kappa shape index (κ2) is 11.6. The predicted octanol–water partition coefficient (Wildman–Crippen LogP) is 3.01. The Balaban J connectivity index is 1.53. The number of carbonyl (C=O) groups excluding carboxylic acids is 4. The molecule has 13 heteroatoms. The molecule has 236 valence electrons. The standard InChI is InChI=1S/C31H36N2O9S2/c1-7-15(2)24(35)16(3)25(36)17(4)27(38)42-21-11-12-41-14-18-13-30(43-5)28(39)33-23-19(9-8-10-20(23)34)26(37)31(33,44-6)29(40)32(30)22(18)21/h7-12,14,16-17,21-22,25-26,34,36-37H,13H2,1-6H3/b15-7-/t16?,17?,21-,22-,25?,26+,30+,31+/m0/s1. The largest absolute Gasteiger partial charge is 0.506 e. The Bertz CT molecular complexity index is 1510. The maximum Gasteiger partial charge on any atom is 0.311 e.